The van der Waals surface area contributed by atoms with Crippen molar-refractivity contribution in [3.05, 3.63) is 48.0 Å². The Kier molecular flexibility index (Phi) is 5.07. The zero-order valence-electron chi connectivity index (χ0n) is 15.8. The Morgan fingerprint density at radius 2 is 1.76 bits per heavy atom. The van der Waals surface area contributed by atoms with Crippen LogP contribution in [0.2, 0.25) is 0 Å². The highest BCUT2D eigenvalue weighted by molar-refractivity contribution is 6.00. The molecule has 0 saturated carbocycles. The lowest BCUT2D eigenvalue weighted by Gasteiger charge is -2.22. The molecule has 150 valence electrons. The van der Waals surface area contributed by atoms with Gasteiger partial charge in [0.2, 0.25) is 5.91 Å². The molecule has 2 heterocycles. The molecule has 0 bridgehead atoms. The molecule has 4 rings (SSSR count). The van der Waals surface area contributed by atoms with Gasteiger partial charge in [-0.05, 0) is 36.4 Å². The van der Waals surface area contributed by atoms with Crippen LogP contribution in [0.4, 0.5) is 5.69 Å². The summed E-state index contributed by atoms with van der Waals surface area (Å²) in [6.07, 6.45) is 0.0630. The van der Waals surface area contributed by atoms with Crippen LogP contribution in [0.3, 0.4) is 0 Å². The third-order valence-electron chi connectivity index (χ3n) is 4.79. The first kappa shape index (κ1) is 18.8. The summed E-state index contributed by atoms with van der Waals surface area (Å²) >= 11 is 0. The van der Waals surface area contributed by atoms with E-state index in [4.69, 9.17) is 14.2 Å². The number of benzene rings is 2. The average Bonchev–Trinajstić information content (AvgIpc) is 3.15. The van der Waals surface area contributed by atoms with Crippen molar-refractivity contribution >= 4 is 23.5 Å². The van der Waals surface area contributed by atoms with Crippen LogP contribution in [0, 0.1) is 5.92 Å². The summed E-state index contributed by atoms with van der Waals surface area (Å²) in [4.78, 5) is 38.0. The number of carbonyl (C=O) groups excluding carboxylic acids is 3. The van der Waals surface area contributed by atoms with E-state index in [0.717, 1.165) is 0 Å². The van der Waals surface area contributed by atoms with Crippen LogP contribution in [-0.4, -0.2) is 44.7 Å². The van der Waals surface area contributed by atoms with E-state index >= 15 is 0 Å². The Bertz CT molecular complexity index is 954. The molecule has 2 aromatic rings. The molecule has 2 aliphatic heterocycles. The van der Waals surface area contributed by atoms with Crippen LogP contribution in [0.5, 0.6) is 17.2 Å². The lowest BCUT2D eigenvalue weighted by atomic mass is 10.1. The number of rotatable bonds is 4. The van der Waals surface area contributed by atoms with Gasteiger partial charge in [-0.25, -0.2) is 4.79 Å². The summed E-state index contributed by atoms with van der Waals surface area (Å²) < 4.78 is 21.1. The predicted octanol–water partition coefficient (Wildman–Crippen LogP) is 2.20. The lowest BCUT2D eigenvalue weighted by Crippen LogP contribution is -2.27. The Morgan fingerprint density at radius 1 is 1.03 bits per heavy atom. The van der Waals surface area contributed by atoms with Gasteiger partial charge in [0.1, 0.15) is 19.0 Å². The third kappa shape index (κ3) is 3.87. The van der Waals surface area contributed by atoms with Crippen LogP contribution < -0.4 is 19.1 Å². The molecular formula is C21H19NO7. The van der Waals surface area contributed by atoms with Crippen molar-refractivity contribution in [2.45, 2.75) is 6.42 Å². The van der Waals surface area contributed by atoms with Gasteiger partial charge < -0.3 is 23.8 Å². The number of fused-ring (bicyclic) bond motifs is 1. The van der Waals surface area contributed by atoms with Gasteiger partial charge in [-0.3, -0.25) is 9.59 Å². The molecule has 0 unspecified atom stereocenters. The van der Waals surface area contributed by atoms with Crippen molar-refractivity contribution in [2.75, 3.05) is 31.8 Å². The molecule has 0 radical (unpaired) electrons. The highest BCUT2D eigenvalue weighted by Gasteiger charge is 2.37. The second-order valence-corrected chi connectivity index (χ2v) is 6.67. The molecule has 1 fully saturated rings. The fourth-order valence-electron chi connectivity index (χ4n) is 3.29. The van der Waals surface area contributed by atoms with Gasteiger partial charge in [0.25, 0.3) is 0 Å². The first-order valence-corrected chi connectivity index (χ1v) is 9.15. The number of carbonyl (C=O) groups is 3. The molecule has 8 heteroatoms. The molecule has 2 aliphatic rings. The number of hydrogen-bond donors (Lipinski definition) is 0. The maximum Gasteiger partial charge on any atom is 0.337 e. The molecular weight excluding hydrogens is 378 g/mol. The minimum atomic E-state index is -0.587. The molecule has 0 spiro atoms. The standard InChI is InChI=1S/C21H19NO7/c1-26-20(24)13-2-5-16(6-3-13)29-21(25)14-10-19(23)22(12-14)15-4-7-17-18(11-15)28-9-8-27-17/h2-7,11,14H,8-10,12H2,1H3/t14-/m0/s1. The topological polar surface area (TPSA) is 91.4 Å². The maximum absolute atomic E-state index is 12.5. The van der Waals surface area contributed by atoms with E-state index in [1.807, 2.05) is 0 Å². The van der Waals surface area contributed by atoms with Gasteiger partial charge in [-0.15, -0.1) is 0 Å². The number of ether oxygens (including phenoxy) is 4. The monoisotopic (exact) mass is 397 g/mol. The zero-order valence-corrected chi connectivity index (χ0v) is 15.8. The summed E-state index contributed by atoms with van der Waals surface area (Å²) in [7, 11) is 1.29. The van der Waals surface area contributed by atoms with E-state index in [1.54, 1.807) is 23.1 Å². The smallest absolute Gasteiger partial charge is 0.337 e. The number of methoxy groups -OCH3 is 1. The summed E-state index contributed by atoms with van der Waals surface area (Å²) in [5.41, 5.74) is 1.00. The van der Waals surface area contributed by atoms with Crippen LogP contribution in [0.15, 0.2) is 42.5 Å². The van der Waals surface area contributed by atoms with E-state index in [2.05, 4.69) is 4.74 Å². The number of amides is 1. The van der Waals surface area contributed by atoms with E-state index < -0.39 is 17.9 Å². The SMILES string of the molecule is COC(=O)c1ccc(OC(=O)[C@H]2CC(=O)N(c3ccc4c(c3)OCCO4)C2)cc1. The summed E-state index contributed by atoms with van der Waals surface area (Å²) in [5.74, 6) is -0.201. The molecule has 8 nitrogen and oxygen atoms in total. The van der Waals surface area contributed by atoms with Crippen molar-refractivity contribution in [1.29, 1.82) is 0 Å². The Morgan fingerprint density at radius 3 is 2.48 bits per heavy atom. The number of nitrogens with zero attached hydrogens (tertiary/aromatic N) is 1. The third-order valence-corrected chi connectivity index (χ3v) is 4.79. The van der Waals surface area contributed by atoms with E-state index in [-0.39, 0.29) is 18.9 Å². The summed E-state index contributed by atoms with van der Waals surface area (Å²) in [6, 6.07) is 11.3. The minimum Gasteiger partial charge on any atom is -0.486 e. The van der Waals surface area contributed by atoms with Crippen molar-refractivity contribution in [3.63, 3.8) is 0 Å². The lowest BCUT2D eigenvalue weighted by molar-refractivity contribution is -0.139. The van der Waals surface area contributed by atoms with Crippen LogP contribution in [0.1, 0.15) is 16.8 Å². The van der Waals surface area contributed by atoms with Gasteiger partial charge in [0, 0.05) is 24.7 Å². The molecule has 1 atom stereocenters. The van der Waals surface area contributed by atoms with E-state index in [9.17, 15) is 14.4 Å². The normalized spacial score (nSPS) is 17.8. The Balaban J connectivity index is 1.42. The van der Waals surface area contributed by atoms with Crippen molar-refractivity contribution < 1.29 is 33.3 Å². The molecule has 29 heavy (non-hydrogen) atoms. The largest absolute Gasteiger partial charge is 0.486 e. The molecule has 0 N–H and O–H groups in total. The minimum absolute atomic E-state index is 0.0630. The number of esters is 2. The second-order valence-electron chi connectivity index (χ2n) is 6.67. The first-order valence-electron chi connectivity index (χ1n) is 9.15. The highest BCUT2D eigenvalue weighted by atomic mass is 16.6. The molecule has 0 aromatic heterocycles. The van der Waals surface area contributed by atoms with Gasteiger partial charge in [-0.1, -0.05) is 0 Å². The predicted molar refractivity (Wildman–Crippen MR) is 101 cm³/mol. The van der Waals surface area contributed by atoms with E-state index in [0.29, 0.717) is 41.7 Å². The second kappa shape index (κ2) is 7.83. The maximum atomic E-state index is 12.5. The fraction of sp³-hybridized carbons (Fsp3) is 0.286. The van der Waals surface area contributed by atoms with Crippen LogP contribution in [-0.2, 0) is 14.3 Å². The molecule has 0 aliphatic carbocycles. The molecule has 1 amide bonds. The Hall–Kier alpha value is -3.55. The van der Waals surface area contributed by atoms with Crippen LogP contribution in [0.25, 0.3) is 0 Å². The van der Waals surface area contributed by atoms with Crippen molar-refractivity contribution in [3.8, 4) is 17.2 Å². The number of hydrogen-bond acceptors (Lipinski definition) is 7. The number of anilines is 1. The molecule has 2 aromatic carbocycles. The first-order chi connectivity index (χ1) is 14.0. The molecule has 1 saturated heterocycles. The van der Waals surface area contributed by atoms with E-state index in [1.165, 1.54) is 31.4 Å². The van der Waals surface area contributed by atoms with Gasteiger partial charge in [0.15, 0.2) is 11.5 Å². The van der Waals surface area contributed by atoms with Crippen molar-refractivity contribution in [2.24, 2.45) is 5.92 Å². The van der Waals surface area contributed by atoms with Crippen molar-refractivity contribution in [1.82, 2.24) is 0 Å². The average molecular weight is 397 g/mol. The van der Waals surface area contributed by atoms with Crippen LogP contribution >= 0.6 is 0 Å². The quantitative estimate of drug-likeness (QED) is 0.577. The fourth-order valence-corrected chi connectivity index (χ4v) is 3.29. The van der Waals surface area contributed by atoms with Gasteiger partial charge in [0.05, 0.1) is 18.6 Å². The Labute approximate surface area is 166 Å². The highest BCUT2D eigenvalue weighted by Crippen LogP contribution is 2.36. The van der Waals surface area contributed by atoms with Gasteiger partial charge in [-0.2, -0.15) is 0 Å². The summed E-state index contributed by atoms with van der Waals surface area (Å²) in [6.45, 7) is 1.16. The zero-order chi connectivity index (χ0) is 20.4. The van der Waals surface area contributed by atoms with Gasteiger partial charge >= 0.3 is 11.9 Å². The summed E-state index contributed by atoms with van der Waals surface area (Å²) in [5, 5.41) is 0.